The predicted octanol–water partition coefficient (Wildman–Crippen LogP) is 4.02. The highest BCUT2D eigenvalue weighted by atomic mass is 16.1. The molecule has 0 spiro atoms. The van der Waals surface area contributed by atoms with E-state index in [-0.39, 0.29) is 0 Å². The Labute approximate surface area is 109 Å². The summed E-state index contributed by atoms with van der Waals surface area (Å²) in [5.74, 6) is 0. The third kappa shape index (κ3) is 3.85. The first kappa shape index (κ1) is 14.2. The molecule has 0 atom stereocenters. The van der Waals surface area contributed by atoms with Crippen molar-refractivity contribution in [2.24, 2.45) is 0 Å². The van der Waals surface area contributed by atoms with Crippen molar-refractivity contribution >= 4 is 6.79 Å². The van der Waals surface area contributed by atoms with Crippen LogP contribution in [0.4, 0.5) is 0 Å². The minimum atomic E-state index is 1.03. The molecule has 0 unspecified atom stereocenters. The van der Waals surface area contributed by atoms with Gasteiger partial charge in [-0.3, -0.25) is 0 Å². The molecule has 0 aliphatic rings. The quantitative estimate of drug-likeness (QED) is 0.775. The molecule has 0 N–H and O–H groups in total. The van der Waals surface area contributed by atoms with Gasteiger partial charge in [0.05, 0.1) is 0 Å². The van der Waals surface area contributed by atoms with Crippen LogP contribution in [-0.2, 0) is 11.2 Å². The van der Waals surface area contributed by atoms with Crippen LogP contribution in [0.3, 0.4) is 0 Å². The topological polar surface area (TPSA) is 17.1 Å². The van der Waals surface area contributed by atoms with Crippen molar-refractivity contribution in [3.05, 3.63) is 70.3 Å². The van der Waals surface area contributed by atoms with Gasteiger partial charge in [0.1, 0.15) is 6.79 Å². The molecule has 0 radical (unpaired) electrons. The van der Waals surface area contributed by atoms with Crippen molar-refractivity contribution in [3.8, 4) is 0 Å². The maximum absolute atomic E-state index is 8.00. The molecule has 0 saturated heterocycles. The first-order chi connectivity index (χ1) is 8.65. The minimum Gasteiger partial charge on any atom is -0.307 e. The normalized spacial score (nSPS) is 9.50. The zero-order valence-electron chi connectivity index (χ0n) is 11.4. The number of hydrogen-bond donors (Lipinski definition) is 0. The summed E-state index contributed by atoms with van der Waals surface area (Å²) >= 11 is 0. The van der Waals surface area contributed by atoms with Crippen LogP contribution in [0.15, 0.2) is 42.5 Å². The largest absolute Gasteiger partial charge is 0.307 e. The summed E-state index contributed by atoms with van der Waals surface area (Å²) in [6.45, 7) is 8.46. The highest BCUT2D eigenvalue weighted by Gasteiger charge is 1.98. The molecule has 0 heterocycles. The second-order valence-electron chi connectivity index (χ2n) is 4.58. The summed E-state index contributed by atoms with van der Waals surface area (Å²) in [5, 5.41) is 0. The van der Waals surface area contributed by atoms with Crippen molar-refractivity contribution in [3.63, 3.8) is 0 Å². The fraction of sp³-hybridized carbons (Fsp3) is 0.235. The smallest absolute Gasteiger partial charge is 0.106 e. The average Bonchev–Trinajstić information content (AvgIpc) is 2.39. The standard InChI is InChI=1S/C16H18.CH2O/c1-12-4-7-15(8-5-12)11-16-9-6-13(2)14(3)10-16;1-2/h4-10H,11H2,1-3H3;1H2. The zero-order chi connectivity index (χ0) is 13.5. The zero-order valence-corrected chi connectivity index (χ0v) is 11.4. The number of carbonyl (C=O) groups is 1. The second-order valence-corrected chi connectivity index (χ2v) is 4.58. The van der Waals surface area contributed by atoms with Gasteiger partial charge in [0, 0.05) is 0 Å². The molecule has 0 aliphatic carbocycles. The van der Waals surface area contributed by atoms with E-state index in [2.05, 4.69) is 63.2 Å². The molecule has 0 fully saturated rings. The summed E-state index contributed by atoms with van der Waals surface area (Å²) < 4.78 is 0. The number of aryl methyl sites for hydroxylation is 3. The molecule has 1 heteroatoms. The van der Waals surface area contributed by atoms with Gasteiger partial charge in [-0.2, -0.15) is 0 Å². The Kier molecular flexibility index (Phi) is 5.31. The van der Waals surface area contributed by atoms with Crippen molar-refractivity contribution in [1.29, 1.82) is 0 Å². The maximum atomic E-state index is 8.00. The Morgan fingerprint density at radius 2 is 1.33 bits per heavy atom. The number of benzene rings is 2. The summed E-state index contributed by atoms with van der Waals surface area (Å²) in [6.07, 6.45) is 1.03. The second kappa shape index (κ2) is 6.75. The van der Waals surface area contributed by atoms with E-state index in [1.807, 2.05) is 6.79 Å². The number of rotatable bonds is 2. The van der Waals surface area contributed by atoms with Gasteiger partial charge in [0.2, 0.25) is 0 Å². The average molecular weight is 240 g/mol. The predicted molar refractivity (Wildman–Crippen MR) is 77.0 cm³/mol. The first-order valence-corrected chi connectivity index (χ1v) is 6.06. The molecule has 18 heavy (non-hydrogen) atoms. The Hall–Kier alpha value is -1.89. The lowest BCUT2D eigenvalue weighted by molar-refractivity contribution is -0.0979. The van der Waals surface area contributed by atoms with Crippen LogP contribution in [0, 0.1) is 20.8 Å². The van der Waals surface area contributed by atoms with Crippen LogP contribution in [-0.4, -0.2) is 6.79 Å². The third-order valence-corrected chi connectivity index (χ3v) is 3.10. The van der Waals surface area contributed by atoms with Crippen LogP contribution in [0.1, 0.15) is 27.8 Å². The molecule has 0 bridgehead atoms. The van der Waals surface area contributed by atoms with Gasteiger partial charge in [-0.15, -0.1) is 0 Å². The molecule has 1 nitrogen and oxygen atoms in total. The first-order valence-electron chi connectivity index (χ1n) is 6.06. The Morgan fingerprint density at radius 3 is 1.89 bits per heavy atom. The van der Waals surface area contributed by atoms with Gasteiger partial charge < -0.3 is 4.79 Å². The fourth-order valence-electron chi connectivity index (χ4n) is 1.86. The van der Waals surface area contributed by atoms with Crippen molar-refractivity contribution in [2.45, 2.75) is 27.2 Å². The minimum absolute atomic E-state index is 1.03. The van der Waals surface area contributed by atoms with Crippen molar-refractivity contribution in [2.75, 3.05) is 0 Å². The monoisotopic (exact) mass is 240 g/mol. The molecule has 2 aromatic rings. The Morgan fingerprint density at radius 1 is 0.778 bits per heavy atom. The number of carbonyl (C=O) groups excluding carboxylic acids is 1. The summed E-state index contributed by atoms with van der Waals surface area (Å²) in [6, 6.07) is 15.5. The lowest BCUT2D eigenvalue weighted by Gasteiger charge is -2.06. The number of hydrogen-bond acceptors (Lipinski definition) is 1. The van der Waals surface area contributed by atoms with E-state index in [1.165, 1.54) is 27.8 Å². The molecule has 0 aliphatic heterocycles. The van der Waals surface area contributed by atoms with Gasteiger partial charge in [-0.25, -0.2) is 0 Å². The van der Waals surface area contributed by atoms with E-state index in [9.17, 15) is 0 Å². The Balaban J connectivity index is 0.000000771. The van der Waals surface area contributed by atoms with Crippen molar-refractivity contribution in [1.82, 2.24) is 0 Å². The molecule has 94 valence electrons. The van der Waals surface area contributed by atoms with Crippen LogP contribution in [0.25, 0.3) is 0 Å². The summed E-state index contributed by atoms with van der Waals surface area (Å²) in [7, 11) is 0. The van der Waals surface area contributed by atoms with Gasteiger partial charge >= 0.3 is 0 Å². The van der Waals surface area contributed by atoms with Crippen molar-refractivity contribution < 1.29 is 4.79 Å². The van der Waals surface area contributed by atoms with Gasteiger partial charge in [-0.1, -0.05) is 48.0 Å². The van der Waals surface area contributed by atoms with Gasteiger partial charge in [-0.05, 0) is 49.4 Å². The van der Waals surface area contributed by atoms with Gasteiger partial charge in [0.25, 0.3) is 0 Å². The molecule has 2 aromatic carbocycles. The maximum Gasteiger partial charge on any atom is 0.106 e. The fourth-order valence-corrected chi connectivity index (χ4v) is 1.86. The SMILES string of the molecule is C=O.Cc1ccc(Cc2ccc(C)c(C)c2)cc1. The van der Waals surface area contributed by atoms with Crippen LogP contribution < -0.4 is 0 Å². The van der Waals surface area contributed by atoms with Gasteiger partial charge in [0.15, 0.2) is 0 Å². The van der Waals surface area contributed by atoms with E-state index in [4.69, 9.17) is 4.79 Å². The van der Waals surface area contributed by atoms with Crippen LogP contribution >= 0.6 is 0 Å². The van der Waals surface area contributed by atoms with E-state index >= 15 is 0 Å². The highest BCUT2D eigenvalue weighted by Crippen LogP contribution is 2.14. The lowest BCUT2D eigenvalue weighted by Crippen LogP contribution is -1.90. The molecule has 0 saturated carbocycles. The molecule has 0 aromatic heterocycles. The molecular formula is C17H20O. The highest BCUT2D eigenvalue weighted by molar-refractivity contribution is 5.34. The molecule has 0 amide bonds. The molecule has 2 rings (SSSR count). The van der Waals surface area contributed by atoms with Crippen LogP contribution in [0.5, 0.6) is 0 Å². The van der Waals surface area contributed by atoms with E-state index in [0.29, 0.717) is 0 Å². The lowest BCUT2D eigenvalue weighted by atomic mass is 10.00. The van der Waals surface area contributed by atoms with Crippen LogP contribution in [0.2, 0.25) is 0 Å². The Bertz CT molecular complexity index is 498. The molecular weight excluding hydrogens is 220 g/mol. The van der Waals surface area contributed by atoms with E-state index < -0.39 is 0 Å². The summed E-state index contributed by atoms with van der Waals surface area (Å²) in [4.78, 5) is 8.00. The van der Waals surface area contributed by atoms with E-state index in [1.54, 1.807) is 0 Å². The van der Waals surface area contributed by atoms with E-state index in [0.717, 1.165) is 6.42 Å². The summed E-state index contributed by atoms with van der Waals surface area (Å²) in [5.41, 5.74) is 6.85. The third-order valence-electron chi connectivity index (χ3n) is 3.10.